The fourth-order valence-electron chi connectivity index (χ4n) is 1.86. The van der Waals surface area contributed by atoms with Gasteiger partial charge in [-0.2, -0.15) is 8.78 Å². The Morgan fingerprint density at radius 2 is 1.88 bits per heavy atom. The number of carbonyl (C=O) groups excluding carboxylic acids is 2. The quantitative estimate of drug-likeness (QED) is 0.702. The molecule has 1 amide bonds. The minimum atomic E-state index is -2.86. The van der Waals surface area contributed by atoms with E-state index in [1.54, 1.807) is 18.2 Å². The van der Waals surface area contributed by atoms with Crippen molar-refractivity contribution >= 4 is 34.8 Å². The van der Waals surface area contributed by atoms with Crippen molar-refractivity contribution in [2.24, 2.45) is 0 Å². The highest BCUT2D eigenvalue weighted by Gasteiger charge is 2.12. The first-order chi connectivity index (χ1) is 11.9. The Balaban J connectivity index is 1.67. The van der Waals surface area contributed by atoms with Crippen LogP contribution in [0.5, 0.6) is 5.75 Å². The molecule has 0 unspecified atom stereocenters. The summed E-state index contributed by atoms with van der Waals surface area (Å²) in [6.07, 6.45) is 0.495. The number of nitrogens with one attached hydrogen (secondary N) is 1. The molecule has 1 aromatic heterocycles. The third kappa shape index (κ3) is 6.67. The normalized spacial score (nSPS) is 10.6. The number of hydrogen-bond donors (Lipinski definition) is 1. The average Bonchev–Trinajstić information content (AvgIpc) is 3.00. The van der Waals surface area contributed by atoms with E-state index in [1.807, 2.05) is 0 Å². The Morgan fingerprint density at radius 3 is 2.48 bits per heavy atom. The monoisotopic (exact) mass is 389 g/mol. The number of thiophene rings is 1. The highest BCUT2D eigenvalue weighted by Crippen LogP contribution is 2.21. The Labute approximate surface area is 151 Å². The first kappa shape index (κ1) is 19.1. The second kappa shape index (κ2) is 9.33. The number of benzene rings is 1. The molecule has 2 aromatic rings. The van der Waals surface area contributed by atoms with Gasteiger partial charge in [0.25, 0.3) is 5.91 Å². The van der Waals surface area contributed by atoms with Crippen LogP contribution in [0.4, 0.5) is 8.78 Å². The summed E-state index contributed by atoms with van der Waals surface area (Å²) in [7, 11) is 0. The maximum atomic E-state index is 12.0. The van der Waals surface area contributed by atoms with E-state index >= 15 is 0 Å². The second-order valence-electron chi connectivity index (χ2n) is 4.80. The molecule has 1 aromatic carbocycles. The van der Waals surface area contributed by atoms with Gasteiger partial charge >= 0.3 is 12.6 Å². The lowest BCUT2D eigenvalue weighted by Crippen LogP contribution is -2.30. The molecule has 0 spiro atoms. The van der Waals surface area contributed by atoms with Gasteiger partial charge in [-0.05, 0) is 36.2 Å². The summed E-state index contributed by atoms with van der Waals surface area (Å²) in [6, 6.07) is 9.21. The zero-order chi connectivity index (χ0) is 18.2. The number of rotatable bonds is 8. The fraction of sp³-hybridized carbons (Fsp3) is 0.250. The van der Waals surface area contributed by atoms with Gasteiger partial charge in [0.05, 0.1) is 4.34 Å². The molecule has 0 aliphatic carbocycles. The largest absolute Gasteiger partial charge is 0.451 e. The summed E-state index contributed by atoms with van der Waals surface area (Å²) < 4.78 is 33.7. The van der Waals surface area contributed by atoms with E-state index in [0.717, 1.165) is 16.9 Å². The van der Waals surface area contributed by atoms with Crippen LogP contribution in [0.1, 0.15) is 15.2 Å². The molecule has 5 nitrogen and oxygen atoms in total. The lowest BCUT2D eigenvalue weighted by molar-refractivity contribution is -0.124. The molecule has 0 fully saturated rings. The van der Waals surface area contributed by atoms with Crippen molar-refractivity contribution in [2.75, 3.05) is 13.2 Å². The summed E-state index contributed by atoms with van der Waals surface area (Å²) in [5.74, 6) is -0.973. The van der Waals surface area contributed by atoms with Gasteiger partial charge in [0.1, 0.15) is 10.6 Å². The van der Waals surface area contributed by atoms with Gasteiger partial charge in [0.2, 0.25) is 0 Å². The van der Waals surface area contributed by atoms with E-state index in [2.05, 4.69) is 10.1 Å². The fourth-order valence-corrected chi connectivity index (χ4v) is 2.80. The second-order valence-corrected chi connectivity index (χ2v) is 6.52. The van der Waals surface area contributed by atoms with Crippen LogP contribution in [0.2, 0.25) is 4.34 Å². The summed E-state index contributed by atoms with van der Waals surface area (Å²) in [4.78, 5) is 23.6. The Hall–Kier alpha value is -2.19. The molecule has 134 valence electrons. The van der Waals surface area contributed by atoms with E-state index in [-0.39, 0.29) is 5.75 Å². The molecule has 0 radical (unpaired) electrons. The topological polar surface area (TPSA) is 64.6 Å². The third-order valence-corrected chi connectivity index (χ3v) is 4.20. The number of amides is 1. The summed E-state index contributed by atoms with van der Waals surface area (Å²) >= 11 is 6.78. The standard InChI is InChI=1S/C16H14ClF2NO4S/c17-13-6-5-12(25-13)15(22)23-9-14(21)20-8-7-10-1-3-11(4-2-10)24-16(18)19/h1-6,16H,7-9H2,(H,20,21). The molecular formula is C16H14ClF2NO4S. The van der Waals surface area contributed by atoms with Gasteiger partial charge in [-0.25, -0.2) is 4.79 Å². The van der Waals surface area contributed by atoms with Crippen LogP contribution in [-0.4, -0.2) is 31.6 Å². The Morgan fingerprint density at radius 1 is 1.16 bits per heavy atom. The van der Waals surface area contributed by atoms with Crippen LogP contribution >= 0.6 is 22.9 Å². The number of ether oxygens (including phenoxy) is 2. The summed E-state index contributed by atoms with van der Waals surface area (Å²) in [5.41, 5.74) is 0.840. The maximum Gasteiger partial charge on any atom is 0.387 e. The number of halogens is 3. The van der Waals surface area contributed by atoms with Gasteiger partial charge in [0.15, 0.2) is 6.61 Å². The molecule has 0 saturated carbocycles. The molecule has 25 heavy (non-hydrogen) atoms. The predicted molar refractivity (Wildman–Crippen MR) is 89.4 cm³/mol. The predicted octanol–water partition coefficient (Wildman–Crippen LogP) is 3.52. The van der Waals surface area contributed by atoms with Gasteiger partial charge in [-0.15, -0.1) is 11.3 Å². The van der Waals surface area contributed by atoms with Crippen molar-refractivity contribution in [1.82, 2.24) is 5.32 Å². The van der Waals surface area contributed by atoms with E-state index in [0.29, 0.717) is 22.2 Å². The van der Waals surface area contributed by atoms with Crippen LogP contribution in [0.15, 0.2) is 36.4 Å². The minimum absolute atomic E-state index is 0.0726. The molecule has 0 saturated heterocycles. The van der Waals surface area contributed by atoms with Gasteiger partial charge < -0.3 is 14.8 Å². The summed E-state index contributed by atoms with van der Waals surface area (Å²) in [5, 5.41) is 2.60. The molecule has 0 atom stereocenters. The first-order valence-electron chi connectivity index (χ1n) is 7.17. The number of hydrogen-bond acceptors (Lipinski definition) is 5. The van der Waals surface area contributed by atoms with Crippen LogP contribution in [0.25, 0.3) is 0 Å². The molecule has 9 heteroatoms. The molecule has 1 heterocycles. The molecule has 1 N–H and O–H groups in total. The minimum Gasteiger partial charge on any atom is -0.451 e. The van der Waals surface area contributed by atoms with Crippen molar-refractivity contribution < 1.29 is 27.8 Å². The zero-order valence-corrected chi connectivity index (χ0v) is 14.4. The Kier molecular flexibility index (Phi) is 7.15. The van der Waals surface area contributed by atoms with Crippen molar-refractivity contribution in [2.45, 2.75) is 13.0 Å². The van der Waals surface area contributed by atoms with E-state index in [1.165, 1.54) is 18.2 Å². The highest BCUT2D eigenvalue weighted by molar-refractivity contribution is 7.17. The SMILES string of the molecule is O=C(COC(=O)c1ccc(Cl)s1)NCCc1ccc(OC(F)F)cc1. The number of esters is 1. The number of carbonyl (C=O) groups is 2. The van der Waals surface area contributed by atoms with Crippen LogP contribution in [-0.2, 0) is 16.0 Å². The molecular weight excluding hydrogens is 376 g/mol. The van der Waals surface area contributed by atoms with E-state index in [4.69, 9.17) is 16.3 Å². The lowest BCUT2D eigenvalue weighted by atomic mass is 10.1. The number of alkyl halides is 2. The smallest absolute Gasteiger partial charge is 0.387 e. The van der Waals surface area contributed by atoms with E-state index in [9.17, 15) is 18.4 Å². The first-order valence-corrected chi connectivity index (χ1v) is 8.36. The van der Waals surface area contributed by atoms with E-state index < -0.39 is 25.1 Å². The average molecular weight is 390 g/mol. The molecule has 0 aliphatic heterocycles. The maximum absolute atomic E-state index is 12.0. The summed E-state index contributed by atoms with van der Waals surface area (Å²) in [6.45, 7) is -2.94. The Bertz CT molecular complexity index is 721. The van der Waals surface area contributed by atoms with Crippen LogP contribution in [0, 0.1) is 0 Å². The van der Waals surface area contributed by atoms with Gasteiger partial charge in [-0.3, -0.25) is 4.79 Å². The van der Waals surface area contributed by atoms with Gasteiger partial charge in [0, 0.05) is 6.54 Å². The van der Waals surface area contributed by atoms with Crippen LogP contribution < -0.4 is 10.1 Å². The van der Waals surface area contributed by atoms with Crippen molar-refractivity contribution in [3.63, 3.8) is 0 Å². The van der Waals surface area contributed by atoms with Crippen molar-refractivity contribution in [1.29, 1.82) is 0 Å². The van der Waals surface area contributed by atoms with Crippen LogP contribution in [0.3, 0.4) is 0 Å². The third-order valence-electron chi connectivity index (χ3n) is 2.99. The lowest BCUT2D eigenvalue weighted by Gasteiger charge is -2.07. The molecule has 2 rings (SSSR count). The molecule has 0 bridgehead atoms. The van der Waals surface area contributed by atoms with Crippen molar-refractivity contribution in [3.05, 3.63) is 51.2 Å². The van der Waals surface area contributed by atoms with Gasteiger partial charge in [-0.1, -0.05) is 23.7 Å². The zero-order valence-electron chi connectivity index (χ0n) is 12.8. The molecule has 0 aliphatic rings. The highest BCUT2D eigenvalue weighted by atomic mass is 35.5. The van der Waals surface area contributed by atoms with Crippen molar-refractivity contribution in [3.8, 4) is 5.75 Å².